The van der Waals surface area contributed by atoms with Crippen LogP contribution in [0.25, 0.3) is 10.9 Å². The quantitative estimate of drug-likeness (QED) is 0.866. The molecule has 1 aliphatic heterocycles. The molecule has 0 bridgehead atoms. The number of ether oxygens (including phenoxy) is 1. The van der Waals surface area contributed by atoms with E-state index < -0.39 is 0 Å². The Morgan fingerprint density at radius 2 is 2.26 bits per heavy atom. The fourth-order valence-corrected chi connectivity index (χ4v) is 2.14. The van der Waals surface area contributed by atoms with Gasteiger partial charge in [-0.2, -0.15) is 0 Å². The highest BCUT2D eigenvalue weighted by molar-refractivity contribution is 5.92. The number of para-hydroxylation sites is 1. The van der Waals surface area contributed by atoms with Crippen molar-refractivity contribution in [1.29, 1.82) is 0 Å². The Morgan fingerprint density at radius 1 is 1.37 bits per heavy atom. The van der Waals surface area contributed by atoms with E-state index in [0.29, 0.717) is 18.9 Å². The molecule has 3 rings (SSSR count). The van der Waals surface area contributed by atoms with Crippen molar-refractivity contribution in [2.75, 3.05) is 18.5 Å². The van der Waals surface area contributed by atoms with Gasteiger partial charge in [0.15, 0.2) is 0 Å². The Hall–Kier alpha value is -2.14. The van der Waals surface area contributed by atoms with Gasteiger partial charge < -0.3 is 15.4 Å². The van der Waals surface area contributed by atoms with Crippen LogP contribution in [0.5, 0.6) is 0 Å². The van der Waals surface area contributed by atoms with Crippen molar-refractivity contribution in [3.05, 3.63) is 36.5 Å². The van der Waals surface area contributed by atoms with Gasteiger partial charge in [-0.15, -0.1) is 0 Å². The Labute approximate surface area is 111 Å². The van der Waals surface area contributed by atoms with Crippen LogP contribution in [0.3, 0.4) is 0 Å². The second kappa shape index (κ2) is 5.24. The molecule has 5 heteroatoms. The van der Waals surface area contributed by atoms with Gasteiger partial charge in [-0.05, 0) is 18.6 Å². The zero-order valence-corrected chi connectivity index (χ0v) is 10.4. The molecule has 1 aromatic carbocycles. The van der Waals surface area contributed by atoms with Crippen LogP contribution in [0.4, 0.5) is 10.5 Å². The molecule has 2 aromatic rings. The van der Waals surface area contributed by atoms with E-state index in [4.69, 9.17) is 4.74 Å². The summed E-state index contributed by atoms with van der Waals surface area (Å²) in [5.74, 6) is 0. The molecule has 1 fully saturated rings. The van der Waals surface area contributed by atoms with Gasteiger partial charge >= 0.3 is 6.03 Å². The highest BCUT2D eigenvalue weighted by Crippen LogP contribution is 2.16. The van der Waals surface area contributed by atoms with Crippen molar-refractivity contribution in [3.63, 3.8) is 0 Å². The number of rotatable bonds is 2. The number of carbonyl (C=O) groups is 1. The van der Waals surface area contributed by atoms with Crippen molar-refractivity contribution in [3.8, 4) is 0 Å². The first-order valence-electron chi connectivity index (χ1n) is 6.31. The van der Waals surface area contributed by atoms with Crippen molar-refractivity contribution < 1.29 is 9.53 Å². The molecule has 98 valence electrons. The number of benzene rings is 1. The fourth-order valence-electron chi connectivity index (χ4n) is 2.14. The van der Waals surface area contributed by atoms with Crippen LogP contribution in [0, 0.1) is 0 Å². The summed E-state index contributed by atoms with van der Waals surface area (Å²) in [6, 6.07) is 9.60. The van der Waals surface area contributed by atoms with E-state index in [9.17, 15) is 4.79 Å². The highest BCUT2D eigenvalue weighted by Gasteiger charge is 2.17. The molecule has 0 spiro atoms. The van der Waals surface area contributed by atoms with Crippen LogP contribution in [-0.4, -0.2) is 30.3 Å². The van der Waals surface area contributed by atoms with Gasteiger partial charge in [-0.3, -0.25) is 4.98 Å². The molecule has 5 nitrogen and oxygen atoms in total. The predicted octanol–water partition coefficient (Wildman–Crippen LogP) is 2.15. The smallest absolute Gasteiger partial charge is 0.319 e. The maximum absolute atomic E-state index is 11.8. The first-order chi connectivity index (χ1) is 9.31. The van der Waals surface area contributed by atoms with E-state index in [1.54, 1.807) is 6.20 Å². The zero-order valence-electron chi connectivity index (χ0n) is 10.4. The fraction of sp³-hybridized carbons (Fsp3) is 0.286. The minimum atomic E-state index is -0.215. The van der Waals surface area contributed by atoms with Gasteiger partial charge in [0.2, 0.25) is 0 Å². The summed E-state index contributed by atoms with van der Waals surface area (Å²) in [5, 5.41) is 6.67. The maximum atomic E-state index is 11.8. The van der Waals surface area contributed by atoms with Crippen LogP contribution in [0.1, 0.15) is 6.42 Å². The lowest BCUT2D eigenvalue weighted by atomic mass is 10.2. The van der Waals surface area contributed by atoms with Crippen molar-refractivity contribution in [2.45, 2.75) is 12.5 Å². The molecule has 1 aliphatic rings. The first kappa shape index (κ1) is 11.9. The van der Waals surface area contributed by atoms with E-state index in [1.165, 1.54) is 0 Å². The summed E-state index contributed by atoms with van der Waals surface area (Å²) in [4.78, 5) is 16.1. The van der Waals surface area contributed by atoms with Gasteiger partial charge in [0, 0.05) is 12.0 Å². The molecule has 2 heterocycles. The van der Waals surface area contributed by atoms with Gasteiger partial charge in [0.25, 0.3) is 0 Å². The van der Waals surface area contributed by atoms with E-state index >= 15 is 0 Å². The number of aromatic nitrogens is 1. The van der Waals surface area contributed by atoms with E-state index in [2.05, 4.69) is 15.6 Å². The average Bonchev–Trinajstić information content (AvgIpc) is 2.91. The molecule has 0 saturated carbocycles. The molecular weight excluding hydrogens is 242 g/mol. The summed E-state index contributed by atoms with van der Waals surface area (Å²) in [5.41, 5.74) is 1.60. The summed E-state index contributed by atoms with van der Waals surface area (Å²) < 4.78 is 5.21. The lowest BCUT2D eigenvalue weighted by molar-refractivity contribution is 0.189. The highest BCUT2D eigenvalue weighted by atomic mass is 16.5. The molecule has 0 aliphatic carbocycles. The third kappa shape index (κ3) is 2.82. The number of hydrogen-bond acceptors (Lipinski definition) is 3. The number of carbonyl (C=O) groups excluding carboxylic acids is 1. The normalized spacial score (nSPS) is 18.4. The number of anilines is 1. The van der Waals surface area contributed by atoms with Gasteiger partial charge in [-0.25, -0.2) is 4.79 Å². The topological polar surface area (TPSA) is 63.2 Å². The predicted molar refractivity (Wildman–Crippen MR) is 73.1 cm³/mol. The van der Waals surface area contributed by atoms with Crippen LogP contribution in [-0.2, 0) is 4.74 Å². The number of hydrogen-bond donors (Lipinski definition) is 2. The standard InChI is InChI=1S/C14H15N3O2/c18-14(16-11-5-6-19-9-11)17-12-7-10-3-1-2-4-13(10)15-8-12/h1-4,7-8,11H,5-6,9H2,(H2,16,17,18). The number of nitrogens with one attached hydrogen (secondary N) is 2. The third-order valence-electron chi connectivity index (χ3n) is 3.11. The largest absolute Gasteiger partial charge is 0.379 e. The van der Waals surface area contributed by atoms with Gasteiger partial charge in [0.1, 0.15) is 0 Å². The maximum Gasteiger partial charge on any atom is 0.319 e. The van der Waals surface area contributed by atoms with Gasteiger partial charge in [-0.1, -0.05) is 18.2 Å². The SMILES string of the molecule is O=C(Nc1cnc2ccccc2c1)NC1CCOC1. The second-order valence-corrected chi connectivity index (χ2v) is 4.58. The minimum Gasteiger partial charge on any atom is -0.379 e. The van der Waals surface area contributed by atoms with Gasteiger partial charge in [0.05, 0.1) is 30.0 Å². The molecule has 2 amide bonds. The molecule has 1 unspecified atom stereocenters. The third-order valence-corrected chi connectivity index (χ3v) is 3.11. The van der Waals surface area contributed by atoms with E-state index in [-0.39, 0.29) is 12.1 Å². The van der Waals surface area contributed by atoms with E-state index in [1.807, 2.05) is 30.3 Å². The number of pyridine rings is 1. The van der Waals surface area contributed by atoms with Crippen molar-refractivity contribution in [1.82, 2.24) is 10.3 Å². The first-order valence-corrected chi connectivity index (χ1v) is 6.31. The lowest BCUT2D eigenvalue weighted by Crippen LogP contribution is -2.38. The summed E-state index contributed by atoms with van der Waals surface area (Å²) >= 11 is 0. The van der Waals surface area contributed by atoms with Crippen molar-refractivity contribution in [2.24, 2.45) is 0 Å². The average molecular weight is 257 g/mol. The number of urea groups is 1. The second-order valence-electron chi connectivity index (χ2n) is 4.58. The lowest BCUT2D eigenvalue weighted by Gasteiger charge is -2.12. The summed E-state index contributed by atoms with van der Waals surface area (Å²) in [6.45, 7) is 1.30. The van der Waals surface area contributed by atoms with Crippen molar-refractivity contribution >= 4 is 22.6 Å². The zero-order chi connectivity index (χ0) is 13.1. The van der Waals surface area contributed by atoms with Crippen LogP contribution >= 0.6 is 0 Å². The van der Waals surface area contributed by atoms with E-state index in [0.717, 1.165) is 17.3 Å². The Morgan fingerprint density at radius 3 is 3.11 bits per heavy atom. The molecule has 1 saturated heterocycles. The summed E-state index contributed by atoms with van der Waals surface area (Å²) in [7, 11) is 0. The molecule has 1 aromatic heterocycles. The minimum absolute atomic E-state index is 0.105. The molecule has 1 atom stereocenters. The molecule has 2 N–H and O–H groups in total. The van der Waals surface area contributed by atoms with Crippen LogP contribution < -0.4 is 10.6 Å². The number of amides is 2. The molecule has 19 heavy (non-hydrogen) atoms. The number of nitrogens with zero attached hydrogens (tertiary/aromatic N) is 1. The summed E-state index contributed by atoms with van der Waals surface area (Å²) in [6.07, 6.45) is 2.52. The Bertz CT molecular complexity index is 594. The van der Waals surface area contributed by atoms with Crippen LogP contribution in [0.2, 0.25) is 0 Å². The monoisotopic (exact) mass is 257 g/mol. The van der Waals surface area contributed by atoms with Crippen LogP contribution in [0.15, 0.2) is 36.5 Å². The Kier molecular flexibility index (Phi) is 3.29. The molecular formula is C14H15N3O2. The molecule has 0 radical (unpaired) electrons. The number of fused-ring (bicyclic) bond motifs is 1. The Balaban J connectivity index is 1.68.